The number of carboxylic acids is 1. The molecular weight excluding hydrogens is 344 g/mol. The molecule has 0 fully saturated rings. The monoisotopic (exact) mass is 368 g/mol. The molecule has 3 N–H and O–H groups in total. The van der Waals surface area contributed by atoms with Crippen LogP contribution in [0.2, 0.25) is 0 Å². The number of aliphatic carboxylic acids is 1. The summed E-state index contributed by atoms with van der Waals surface area (Å²) in [6.07, 6.45) is 0.314. The van der Waals surface area contributed by atoms with Gasteiger partial charge in [0.2, 0.25) is 11.8 Å². The van der Waals surface area contributed by atoms with Crippen LogP contribution in [-0.2, 0) is 14.4 Å². The Morgan fingerprint density at radius 1 is 0.852 bits per heavy atom. The van der Waals surface area contributed by atoms with Crippen LogP contribution >= 0.6 is 0 Å². The molecule has 0 aromatic heterocycles. The van der Waals surface area contributed by atoms with Gasteiger partial charge in [-0.25, -0.2) is 0 Å². The van der Waals surface area contributed by atoms with Gasteiger partial charge < -0.3 is 15.7 Å². The first kappa shape index (κ1) is 20.2. The normalized spacial score (nSPS) is 12.6. The van der Waals surface area contributed by atoms with Crippen LogP contribution in [0.4, 0.5) is 0 Å². The van der Waals surface area contributed by atoms with E-state index in [9.17, 15) is 14.4 Å². The predicted octanol–water partition coefficient (Wildman–Crippen LogP) is 2.98. The molecule has 2 unspecified atom stereocenters. The highest BCUT2D eigenvalue weighted by Gasteiger charge is 2.20. The highest BCUT2D eigenvalue weighted by molar-refractivity contribution is 5.79. The molecule has 2 rings (SSSR count). The zero-order chi connectivity index (χ0) is 19.6. The van der Waals surface area contributed by atoms with Gasteiger partial charge in [-0.3, -0.25) is 14.4 Å². The smallest absolute Gasteiger partial charge is 0.303 e. The van der Waals surface area contributed by atoms with E-state index in [1.165, 1.54) is 6.92 Å². The van der Waals surface area contributed by atoms with Crippen molar-refractivity contribution in [2.24, 2.45) is 0 Å². The Morgan fingerprint density at radius 2 is 1.37 bits per heavy atom. The maximum Gasteiger partial charge on any atom is 0.303 e. The number of carbonyl (C=O) groups excluding carboxylic acids is 2. The van der Waals surface area contributed by atoms with Gasteiger partial charge in [0.05, 0.1) is 18.5 Å². The van der Waals surface area contributed by atoms with Crippen LogP contribution < -0.4 is 10.6 Å². The van der Waals surface area contributed by atoms with Crippen molar-refractivity contribution in [3.8, 4) is 0 Å². The largest absolute Gasteiger partial charge is 0.481 e. The Kier molecular flexibility index (Phi) is 7.55. The fourth-order valence-corrected chi connectivity index (χ4v) is 2.90. The molecular formula is C21H24N2O4. The summed E-state index contributed by atoms with van der Waals surface area (Å²) in [6, 6.07) is 17.7. The SMILES string of the molecule is CC(=O)NC(CC(=O)NC(CCC(=O)O)c1ccccc1)c1ccccc1. The molecule has 0 radical (unpaired) electrons. The van der Waals surface area contributed by atoms with Gasteiger partial charge in [0.25, 0.3) is 0 Å². The number of nitrogens with one attached hydrogen (secondary N) is 2. The van der Waals surface area contributed by atoms with Crippen LogP contribution in [-0.4, -0.2) is 22.9 Å². The number of amides is 2. The average Bonchev–Trinajstić information content (AvgIpc) is 2.65. The molecule has 6 nitrogen and oxygen atoms in total. The van der Waals surface area contributed by atoms with E-state index in [-0.39, 0.29) is 24.7 Å². The third-order valence-corrected chi connectivity index (χ3v) is 4.15. The van der Waals surface area contributed by atoms with Crippen LogP contribution in [0, 0.1) is 0 Å². The quantitative estimate of drug-likeness (QED) is 0.634. The van der Waals surface area contributed by atoms with Gasteiger partial charge in [-0.15, -0.1) is 0 Å². The molecule has 2 aromatic rings. The van der Waals surface area contributed by atoms with Crippen molar-refractivity contribution < 1.29 is 19.5 Å². The maximum atomic E-state index is 12.6. The van der Waals surface area contributed by atoms with Gasteiger partial charge in [0.15, 0.2) is 0 Å². The number of hydrogen-bond donors (Lipinski definition) is 3. The third kappa shape index (κ3) is 6.93. The van der Waals surface area contributed by atoms with Crippen molar-refractivity contribution in [3.63, 3.8) is 0 Å². The topological polar surface area (TPSA) is 95.5 Å². The van der Waals surface area contributed by atoms with E-state index >= 15 is 0 Å². The van der Waals surface area contributed by atoms with Crippen molar-refractivity contribution in [1.82, 2.24) is 10.6 Å². The Balaban J connectivity index is 2.10. The molecule has 142 valence electrons. The summed E-state index contributed by atoms with van der Waals surface area (Å²) in [6.45, 7) is 1.41. The highest BCUT2D eigenvalue weighted by atomic mass is 16.4. The van der Waals surface area contributed by atoms with Crippen LogP contribution in [0.15, 0.2) is 60.7 Å². The molecule has 0 spiro atoms. The Morgan fingerprint density at radius 3 is 1.85 bits per heavy atom. The summed E-state index contributed by atoms with van der Waals surface area (Å²) in [4.78, 5) is 35.1. The van der Waals surface area contributed by atoms with Crippen LogP contribution in [0.3, 0.4) is 0 Å². The van der Waals surface area contributed by atoms with Gasteiger partial charge >= 0.3 is 5.97 Å². The van der Waals surface area contributed by atoms with E-state index in [0.717, 1.165) is 11.1 Å². The van der Waals surface area contributed by atoms with Crippen molar-refractivity contribution in [2.75, 3.05) is 0 Å². The van der Waals surface area contributed by atoms with E-state index < -0.39 is 18.1 Å². The standard InChI is InChI=1S/C21H24N2O4/c1-15(24)22-19(17-10-6-3-7-11-17)14-20(25)23-18(12-13-21(26)27)16-8-4-2-5-9-16/h2-11,18-19H,12-14H2,1H3,(H,22,24)(H,23,25)(H,26,27). The molecule has 2 aromatic carbocycles. The molecule has 0 saturated heterocycles. The first-order valence-electron chi connectivity index (χ1n) is 8.84. The first-order valence-corrected chi connectivity index (χ1v) is 8.84. The average molecular weight is 368 g/mol. The fraction of sp³-hybridized carbons (Fsp3) is 0.286. The summed E-state index contributed by atoms with van der Waals surface area (Å²) in [5.74, 6) is -1.38. The van der Waals surface area contributed by atoms with E-state index in [1.807, 2.05) is 60.7 Å². The maximum absolute atomic E-state index is 12.6. The van der Waals surface area contributed by atoms with Crippen LogP contribution in [0.5, 0.6) is 0 Å². The predicted molar refractivity (Wildman–Crippen MR) is 102 cm³/mol. The molecule has 0 heterocycles. The number of benzene rings is 2. The summed E-state index contributed by atoms with van der Waals surface area (Å²) < 4.78 is 0. The Labute approximate surface area is 158 Å². The number of rotatable bonds is 9. The van der Waals surface area contributed by atoms with E-state index in [2.05, 4.69) is 10.6 Å². The molecule has 0 aliphatic rings. The molecule has 0 aliphatic carbocycles. The van der Waals surface area contributed by atoms with Crippen molar-refractivity contribution >= 4 is 17.8 Å². The lowest BCUT2D eigenvalue weighted by Gasteiger charge is -2.22. The molecule has 2 amide bonds. The van der Waals surface area contributed by atoms with Gasteiger partial charge in [0.1, 0.15) is 0 Å². The lowest BCUT2D eigenvalue weighted by Crippen LogP contribution is -2.34. The van der Waals surface area contributed by atoms with E-state index in [0.29, 0.717) is 6.42 Å². The van der Waals surface area contributed by atoms with Crippen molar-refractivity contribution in [3.05, 3.63) is 71.8 Å². The molecule has 2 atom stereocenters. The zero-order valence-corrected chi connectivity index (χ0v) is 15.2. The van der Waals surface area contributed by atoms with Gasteiger partial charge in [-0.1, -0.05) is 60.7 Å². The van der Waals surface area contributed by atoms with Gasteiger partial charge in [-0.05, 0) is 17.5 Å². The van der Waals surface area contributed by atoms with Gasteiger partial charge in [0, 0.05) is 13.3 Å². The van der Waals surface area contributed by atoms with E-state index in [1.54, 1.807) is 0 Å². The lowest BCUT2D eigenvalue weighted by atomic mass is 10.00. The molecule has 27 heavy (non-hydrogen) atoms. The summed E-state index contributed by atoms with van der Waals surface area (Å²) >= 11 is 0. The third-order valence-electron chi connectivity index (χ3n) is 4.15. The minimum absolute atomic E-state index is 0.0480. The van der Waals surface area contributed by atoms with Gasteiger partial charge in [-0.2, -0.15) is 0 Å². The van der Waals surface area contributed by atoms with Crippen molar-refractivity contribution in [2.45, 2.75) is 38.3 Å². The Hall–Kier alpha value is -3.15. The first-order chi connectivity index (χ1) is 13.0. The molecule has 0 bridgehead atoms. The zero-order valence-electron chi connectivity index (χ0n) is 15.2. The van der Waals surface area contributed by atoms with E-state index in [4.69, 9.17) is 5.11 Å². The van der Waals surface area contributed by atoms with Crippen LogP contribution in [0.1, 0.15) is 49.4 Å². The number of carbonyl (C=O) groups is 3. The number of hydrogen-bond acceptors (Lipinski definition) is 3. The minimum atomic E-state index is -0.911. The fourth-order valence-electron chi connectivity index (χ4n) is 2.90. The highest BCUT2D eigenvalue weighted by Crippen LogP contribution is 2.21. The second kappa shape index (κ2) is 10.1. The second-order valence-corrected chi connectivity index (χ2v) is 6.33. The lowest BCUT2D eigenvalue weighted by molar-refractivity contribution is -0.137. The minimum Gasteiger partial charge on any atom is -0.481 e. The van der Waals surface area contributed by atoms with Crippen molar-refractivity contribution in [1.29, 1.82) is 0 Å². The second-order valence-electron chi connectivity index (χ2n) is 6.33. The molecule has 0 saturated carbocycles. The summed E-state index contributed by atoms with van der Waals surface area (Å²) in [5, 5.41) is 14.7. The summed E-state index contributed by atoms with van der Waals surface area (Å²) in [5.41, 5.74) is 1.69. The van der Waals surface area contributed by atoms with Crippen LogP contribution in [0.25, 0.3) is 0 Å². The number of carboxylic acid groups (broad SMARTS) is 1. The Bertz CT molecular complexity index is 762. The molecule has 6 heteroatoms. The molecule has 0 aliphatic heterocycles. The summed E-state index contributed by atoms with van der Waals surface area (Å²) in [7, 11) is 0.